The van der Waals surface area contributed by atoms with Gasteiger partial charge in [-0.1, -0.05) is 30.3 Å². The van der Waals surface area contributed by atoms with Gasteiger partial charge >= 0.3 is 0 Å². The molecule has 0 unspecified atom stereocenters. The zero-order valence-corrected chi connectivity index (χ0v) is 17.1. The average Bonchev–Trinajstić information content (AvgIpc) is 3.21. The largest absolute Gasteiger partial charge is 0.343 e. The maximum absolute atomic E-state index is 12.6. The van der Waals surface area contributed by atoms with Crippen molar-refractivity contribution in [1.82, 2.24) is 9.80 Å². The number of thiophene rings is 1. The summed E-state index contributed by atoms with van der Waals surface area (Å²) in [5.74, 6) is 0.908. The van der Waals surface area contributed by atoms with Crippen LogP contribution in [0.4, 0.5) is 0 Å². The number of hydrogen-bond donors (Lipinski definition) is 0. The molecule has 4 nitrogen and oxygen atoms in total. The molecule has 4 rings (SSSR count). The van der Waals surface area contributed by atoms with Crippen molar-refractivity contribution >= 4 is 23.2 Å². The number of carbonyl (C=O) groups is 2. The molecule has 2 aliphatic heterocycles. The lowest BCUT2D eigenvalue weighted by atomic mass is 9.90. The van der Waals surface area contributed by atoms with Crippen LogP contribution in [0, 0.1) is 5.92 Å². The Balaban J connectivity index is 1.19. The van der Waals surface area contributed by atoms with Gasteiger partial charge in [0.05, 0.1) is 0 Å². The van der Waals surface area contributed by atoms with E-state index in [9.17, 15) is 9.59 Å². The summed E-state index contributed by atoms with van der Waals surface area (Å²) in [5.41, 5.74) is 2.66. The minimum Gasteiger partial charge on any atom is -0.343 e. The van der Waals surface area contributed by atoms with E-state index in [1.54, 1.807) is 11.3 Å². The van der Waals surface area contributed by atoms with Gasteiger partial charge in [-0.3, -0.25) is 9.59 Å². The van der Waals surface area contributed by atoms with Crippen molar-refractivity contribution in [1.29, 1.82) is 0 Å². The molecule has 0 spiro atoms. The van der Waals surface area contributed by atoms with Gasteiger partial charge in [-0.05, 0) is 54.2 Å². The Bertz CT molecular complexity index is 809. The van der Waals surface area contributed by atoms with Crippen molar-refractivity contribution < 1.29 is 9.59 Å². The lowest BCUT2D eigenvalue weighted by Crippen LogP contribution is -2.40. The first-order chi connectivity index (χ1) is 13.7. The minimum absolute atomic E-state index is 0.115. The van der Waals surface area contributed by atoms with E-state index in [0.29, 0.717) is 25.3 Å². The topological polar surface area (TPSA) is 40.6 Å². The second-order valence-electron chi connectivity index (χ2n) is 7.95. The highest BCUT2D eigenvalue weighted by atomic mass is 32.1. The van der Waals surface area contributed by atoms with Gasteiger partial charge in [-0.15, -0.1) is 11.3 Å². The lowest BCUT2D eigenvalue weighted by Gasteiger charge is -2.32. The van der Waals surface area contributed by atoms with E-state index in [1.807, 2.05) is 9.80 Å². The fraction of sp³-hybridized carbons (Fsp3) is 0.478. The van der Waals surface area contributed by atoms with Crippen LogP contribution in [-0.4, -0.2) is 41.2 Å². The molecular formula is C23H28N2O2S. The first-order valence-corrected chi connectivity index (χ1v) is 11.2. The Morgan fingerprint density at radius 2 is 1.64 bits per heavy atom. The average molecular weight is 397 g/mol. The number of amides is 2. The molecule has 0 radical (unpaired) electrons. The summed E-state index contributed by atoms with van der Waals surface area (Å²) in [6.45, 7) is 3.14. The summed E-state index contributed by atoms with van der Waals surface area (Å²) in [5, 5.41) is 2.10. The highest BCUT2D eigenvalue weighted by molar-refractivity contribution is 7.10. The van der Waals surface area contributed by atoms with Crippen LogP contribution >= 0.6 is 11.3 Å². The SMILES string of the molecule is O=C(CCC(=O)N1CCc2sccc2C1)N1CCC(Cc2ccccc2)CC1. The van der Waals surface area contributed by atoms with Crippen molar-refractivity contribution in [2.45, 2.75) is 45.1 Å². The molecule has 0 aliphatic carbocycles. The first kappa shape index (κ1) is 19.2. The third-order valence-corrected chi connectivity index (χ3v) is 7.07. The Hall–Kier alpha value is -2.14. The maximum atomic E-state index is 12.6. The molecule has 1 saturated heterocycles. The van der Waals surface area contributed by atoms with E-state index in [4.69, 9.17) is 0 Å². The number of fused-ring (bicyclic) bond motifs is 1. The summed E-state index contributed by atoms with van der Waals surface area (Å²) >= 11 is 1.78. The first-order valence-electron chi connectivity index (χ1n) is 10.3. The van der Waals surface area contributed by atoms with Crippen LogP contribution in [0.2, 0.25) is 0 Å². The fourth-order valence-electron chi connectivity index (χ4n) is 4.33. The number of rotatable bonds is 5. The summed E-state index contributed by atoms with van der Waals surface area (Å²) in [6.07, 6.45) is 4.84. The molecule has 2 aromatic rings. The number of piperidine rings is 1. The Morgan fingerprint density at radius 3 is 2.39 bits per heavy atom. The molecule has 148 valence electrons. The smallest absolute Gasteiger partial charge is 0.223 e. The Labute approximate surface area is 171 Å². The second-order valence-corrected chi connectivity index (χ2v) is 8.95. The van der Waals surface area contributed by atoms with Gasteiger partial charge in [0.15, 0.2) is 0 Å². The highest BCUT2D eigenvalue weighted by Gasteiger charge is 2.25. The second kappa shape index (κ2) is 8.91. The van der Waals surface area contributed by atoms with Gasteiger partial charge < -0.3 is 9.80 Å². The minimum atomic E-state index is 0.115. The maximum Gasteiger partial charge on any atom is 0.223 e. The molecule has 1 aromatic carbocycles. The molecule has 3 heterocycles. The summed E-state index contributed by atoms with van der Waals surface area (Å²) in [4.78, 5) is 30.4. The predicted octanol–water partition coefficient (Wildman–Crippen LogP) is 3.89. The molecule has 1 aromatic heterocycles. The van der Waals surface area contributed by atoms with Crippen molar-refractivity contribution in [3.63, 3.8) is 0 Å². The van der Waals surface area contributed by atoms with E-state index >= 15 is 0 Å². The van der Waals surface area contributed by atoms with E-state index in [1.165, 1.54) is 16.0 Å². The third-order valence-electron chi connectivity index (χ3n) is 6.05. The third kappa shape index (κ3) is 4.64. The number of benzene rings is 1. The van der Waals surface area contributed by atoms with E-state index in [2.05, 4.69) is 41.8 Å². The number of nitrogens with zero attached hydrogens (tertiary/aromatic N) is 2. The number of hydrogen-bond acceptors (Lipinski definition) is 3. The van der Waals surface area contributed by atoms with Gasteiger partial charge in [-0.25, -0.2) is 0 Å². The van der Waals surface area contributed by atoms with Crippen molar-refractivity contribution in [3.05, 3.63) is 57.8 Å². The van der Waals surface area contributed by atoms with Gasteiger partial charge in [0.1, 0.15) is 0 Å². The quantitative estimate of drug-likeness (QED) is 0.769. The summed E-state index contributed by atoms with van der Waals surface area (Å²) < 4.78 is 0. The summed E-state index contributed by atoms with van der Waals surface area (Å²) in [7, 11) is 0. The molecule has 2 aliphatic rings. The molecule has 1 fully saturated rings. The molecular weight excluding hydrogens is 368 g/mol. The standard InChI is InChI=1S/C23H28N2O2S/c26-22(6-7-23(27)25-14-10-21-20(17-25)11-15-28-21)24-12-8-19(9-13-24)16-18-4-2-1-3-5-18/h1-5,11,15,19H,6-10,12-14,16-17H2. The predicted molar refractivity (Wildman–Crippen MR) is 112 cm³/mol. The van der Waals surface area contributed by atoms with Crippen LogP contribution in [-0.2, 0) is 29.0 Å². The number of carbonyl (C=O) groups excluding carboxylic acids is 2. The van der Waals surface area contributed by atoms with Crippen LogP contribution in [0.5, 0.6) is 0 Å². The molecule has 0 atom stereocenters. The van der Waals surface area contributed by atoms with Crippen molar-refractivity contribution in [3.8, 4) is 0 Å². The molecule has 0 saturated carbocycles. The van der Waals surface area contributed by atoms with Gasteiger partial charge in [0.2, 0.25) is 11.8 Å². The van der Waals surface area contributed by atoms with Gasteiger partial charge in [0, 0.05) is 43.9 Å². The van der Waals surface area contributed by atoms with Crippen LogP contribution < -0.4 is 0 Å². The normalized spacial score (nSPS) is 17.4. The zero-order valence-electron chi connectivity index (χ0n) is 16.3. The Morgan fingerprint density at radius 1 is 0.929 bits per heavy atom. The number of likely N-dealkylation sites (tertiary alicyclic amines) is 1. The van der Waals surface area contributed by atoms with Crippen LogP contribution in [0.1, 0.15) is 41.7 Å². The molecule has 28 heavy (non-hydrogen) atoms. The summed E-state index contributed by atoms with van der Waals surface area (Å²) in [6, 6.07) is 12.7. The van der Waals surface area contributed by atoms with Crippen LogP contribution in [0.25, 0.3) is 0 Å². The van der Waals surface area contributed by atoms with Crippen LogP contribution in [0.15, 0.2) is 41.8 Å². The monoisotopic (exact) mass is 396 g/mol. The van der Waals surface area contributed by atoms with E-state index in [-0.39, 0.29) is 11.8 Å². The molecule has 0 N–H and O–H groups in total. The lowest BCUT2D eigenvalue weighted by molar-refractivity contribution is -0.138. The molecule has 5 heteroatoms. The van der Waals surface area contributed by atoms with Crippen molar-refractivity contribution in [2.24, 2.45) is 5.92 Å². The van der Waals surface area contributed by atoms with E-state index in [0.717, 1.165) is 45.3 Å². The van der Waals surface area contributed by atoms with E-state index < -0.39 is 0 Å². The fourth-order valence-corrected chi connectivity index (χ4v) is 5.22. The highest BCUT2D eigenvalue weighted by Crippen LogP contribution is 2.25. The molecule has 0 bridgehead atoms. The molecule has 2 amide bonds. The van der Waals surface area contributed by atoms with Gasteiger partial charge in [-0.2, -0.15) is 0 Å². The van der Waals surface area contributed by atoms with Crippen LogP contribution in [0.3, 0.4) is 0 Å². The Kier molecular flexibility index (Phi) is 6.10. The van der Waals surface area contributed by atoms with Gasteiger partial charge in [0.25, 0.3) is 0 Å². The van der Waals surface area contributed by atoms with Crippen molar-refractivity contribution in [2.75, 3.05) is 19.6 Å². The zero-order chi connectivity index (χ0) is 19.3.